The van der Waals surface area contributed by atoms with E-state index in [2.05, 4.69) is 0 Å². The Bertz CT molecular complexity index is 536. The van der Waals surface area contributed by atoms with Gasteiger partial charge in [0.2, 0.25) is 15.9 Å². The summed E-state index contributed by atoms with van der Waals surface area (Å²) in [7, 11) is -3.15. The third-order valence-electron chi connectivity index (χ3n) is 5.55. The van der Waals surface area contributed by atoms with Gasteiger partial charge in [0.15, 0.2) is 0 Å². The molecule has 0 radical (unpaired) electrons. The molecule has 6 nitrogen and oxygen atoms in total. The molecule has 22 heavy (non-hydrogen) atoms. The third-order valence-corrected chi connectivity index (χ3v) is 7.43. The smallest absolute Gasteiger partial charge is 0.219 e. The summed E-state index contributed by atoms with van der Waals surface area (Å²) in [5.41, 5.74) is -0.732. The minimum Gasteiger partial charge on any atom is -0.391 e. The first-order chi connectivity index (χ1) is 10.0. The lowest BCUT2D eigenvalue weighted by molar-refractivity contribution is -0.156. The van der Waals surface area contributed by atoms with Gasteiger partial charge in [-0.3, -0.25) is 4.79 Å². The van der Waals surface area contributed by atoms with Crippen molar-refractivity contribution >= 4 is 15.9 Å². The molecule has 0 aromatic carbocycles. The molecule has 0 aromatic rings. The summed E-state index contributed by atoms with van der Waals surface area (Å²) >= 11 is 0. The van der Waals surface area contributed by atoms with Crippen LogP contribution >= 0.6 is 0 Å². The number of carbonyl (C=O) groups is 1. The van der Waals surface area contributed by atoms with Crippen LogP contribution in [0.1, 0.15) is 47.0 Å². The molecule has 7 heteroatoms. The lowest BCUT2D eigenvalue weighted by Gasteiger charge is -2.55. The Balaban J connectivity index is 2.16. The van der Waals surface area contributed by atoms with E-state index < -0.39 is 21.7 Å². The van der Waals surface area contributed by atoms with E-state index in [1.807, 2.05) is 13.8 Å². The van der Waals surface area contributed by atoms with Crippen molar-refractivity contribution in [2.45, 2.75) is 58.6 Å². The Morgan fingerprint density at radius 1 is 1.27 bits per heavy atom. The molecule has 2 aliphatic heterocycles. The van der Waals surface area contributed by atoms with Crippen LogP contribution in [0.25, 0.3) is 0 Å². The van der Waals surface area contributed by atoms with E-state index in [-0.39, 0.29) is 17.1 Å². The zero-order chi connectivity index (χ0) is 16.8. The number of amides is 1. The molecule has 0 aliphatic carbocycles. The summed E-state index contributed by atoms with van der Waals surface area (Å²) in [4.78, 5) is 13.7. The molecule has 2 aliphatic rings. The molecule has 1 spiro atoms. The van der Waals surface area contributed by atoms with Crippen LogP contribution < -0.4 is 0 Å². The number of hydrogen-bond donors (Lipinski definition) is 1. The largest absolute Gasteiger partial charge is 0.391 e. The molecule has 1 N–H and O–H groups in total. The second-order valence-corrected chi connectivity index (χ2v) is 9.54. The van der Waals surface area contributed by atoms with Crippen molar-refractivity contribution in [1.82, 2.24) is 9.21 Å². The van der Waals surface area contributed by atoms with Gasteiger partial charge < -0.3 is 10.0 Å². The highest BCUT2D eigenvalue weighted by Crippen LogP contribution is 2.45. The monoisotopic (exact) mass is 332 g/mol. The second-order valence-electron chi connectivity index (χ2n) is 7.28. The van der Waals surface area contributed by atoms with E-state index in [1.54, 1.807) is 16.1 Å². The van der Waals surface area contributed by atoms with Gasteiger partial charge in [-0.15, -0.1) is 0 Å². The second kappa shape index (κ2) is 5.76. The Hall–Kier alpha value is -0.660. The molecule has 2 rings (SSSR count). The van der Waals surface area contributed by atoms with Crippen LogP contribution in [0.3, 0.4) is 0 Å². The normalized spacial score (nSPS) is 28.8. The summed E-state index contributed by atoms with van der Waals surface area (Å²) < 4.78 is 25.5. The molecule has 0 aromatic heterocycles. The first kappa shape index (κ1) is 17.7. The van der Waals surface area contributed by atoms with Crippen LogP contribution in [-0.2, 0) is 14.8 Å². The highest BCUT2D eigenvalue weighted by Gasteiger charge is 2.50. The van der Waals surface area contributed by atoms with Crippen LogP contribution in [0.4, 0.5) is 0 Å². The van der Waals surface area contributed by atoms with Gasteiger partial charge in [-0.2, -0.15) is 0 Å². The van der Waals surface area contributed by atoms with Crippen molar-refractivity contribution in [3.63, 3.8) is 0 Å². The number of hydrogen-bond acceptors (Lipinski definition) is 4. The van der Waals surface area contributed by atoms with Crippen LogP contribution in [0, 0.1) is 5.41 Å². The third kappa shape index (κ3) is 3.03. The van der Waals surface area contributed by atoms with Gasteiger partial charge in [-0.25, -0.2) is 12.7 Å². The fourth-order valence-corrected chi connectivity index (χ4v) is 4.85. The number of aliphatic hydroxyl groups excluding tert-OH is 1. The van der Waals surface area contributed by atoms with Crippen molar-refractivity contribution < 1.29 is 18.3 Å². The number of piperidine rings is 2. The van der Waals surface area contributed by atoms with Crippen molar-refractivity contribution in [2.24, 2.45) is 5.41 Å². The topological polar surface area (TPSA) is 77.9 Å². The van der Waals surface area contributed by atoms with E-state index in [0.717, 1.165) is 0 Å². The Kier molecular flexibility index (Phi) is 4.63. The van der Waals surface area contributed by atoms with Gasteiger partial charge in [0.1, 0.15) is 0 Å². The molecular weight excluding hydrogens is 304 g/mol. The minimum absolute atomic E-state index is 0.0354. The number of likely N-dealkylation sites (tertiary alicyclic amines) is 1. The average Bonchev–Trinajstić information content (AvgIpc) is 2.43. The van der Waals surface area contributed by atoms with Gasteiger partial charge in [-0.1, -0.05) is 0 Å². The van der Waals surface area contributed by atoms with Crippen LogP contribution in [0.5, 0.6) is 0 Å². The zero-order valence-corrected chi connectivity index (χ0v) is 14.8. The number of rotatable bonds is 2. The fraction of sp³-hybridized carbons (Fsp3) is 0.933. The van der Waals surface area contributed by atoms with Crippen molar-refractivity contribution in [2.75, 3.05) is 25.4 Å². The minimum atomic E-state index is -3.15. The Morgan fingerprint density at radius 2 is 1.82 bits per heavy atom. The summed E-state index contributed by atoms with van der Waals surface area (Å²) in [6.45, 7) is 8.54. The van der Waals surface area contributed by atoms with Gasteiger partial charge in [0.25, 0.3) is 0 Å². The zero-order valence-electron chi connectivity index (χ0n) is 14.0. The maximum atomic E-state index is 12.0. The lowest BCUT2D eigenvalue weighted by Crippen LogP contribution is -2.64. The molecule has 0 bridgehead atoms. The van der Waals surface area contributed by atoms with E-state index >= 15 is 0 Å². The lowest BCUT2D eigenvalue weighted by atomic mass is 9.67. The average molecular weight is 332 g/mol. The number of aliphatic hydroxyl groups is 1. The SMILES string of the molecule is CCS(=O)(=O)N1CCC2(CC1)C[C@@H](O)C(C)(C)N(C(C)=O)C2. The van der Waals surface area contributed by atoms with E-state index in [1.165, 1.54) is 6.92 Å². The number of carbonyl (C=O) groups excluding carboxylic acids is 1. The quantitative estimate of drug-likeness (QED) is 0.812. The predicted molar refractivity (Wildman–Crippen MR) is 84.8 cm³/mol. The highest BCUT2D eigenvalue weighted by molar-refractivity contribution is 7.89. The van der Waals surface area contributed by atoms with Gasteiger partial charge in [0.05, 0.1) is 17.4 Å². The fourth-order valence-electron chi connectivity index (χ4n) is 3.74. The summed E-state index contributed by atoms with van der Waals surface area (Å²) in [5.74, 6) is 0.0848. The van der Waals surface area contributed by atoms with E-state index in [9.17, 15) is 18.3 Å². The summed E-state index contributed by atoms with van der Waals surface area (Å²) in [5, 5.41) is 10.5. The maximum Gasteiger partial charge on any atom is 0.219 e. The van der Waals surface area contributed by atoms with Crippen LogP contribution in [0.2, 0.25) is 0 Å². The van der Waals surface area contributed by atoms with Crippen LogP contribution in [-0.4, -0.2) is 65.7 Å². The molecule has 0 unspecified atom stereocenters. The predicted octanol–water partition coefficient (Wildman–Crippen LogP) is 0.810. The standard InChI is InChI=1S/C15H28N2O4S/c1-5-22(20,21)16-8-6-15(7-9-16)10-13(19)14(3,4)17(11-15)12(2)18/h13,19H,5-11H2,1-4H3/t13-/m1/s1. The van der Waals surface area contributed by atoms with E-state index in [0.29, 0.717) is 38.9 Å². The maximum absolute atomic E-state index is 12.0. The van der Waals surface area contributed by atoms with Gasteiger partial charge in [0, 0.05) is 26.6 Å². The van der Waals surface area contributed by atoms with Crippen molar-refractivity contribution in [1.29, 1.82) is 0 Å². The summed E-state index contributed by atoms with van der Waals surface area (Å²) in [6.07, 6.45) is 1.44. The van der Waals surface area contributed by atoms with Crippen molar-refractivity contribution in [3.8, 4) is 0 Å². The Morgan fingerprint density at radius 3 is 2.27 bits per heavy atom. The molecule has 1 atom stereocenters. The van der Waals surface area contributed by atoms with Crippen LogP contribution in [0.15, 0.2) is 0 Å². The molecular formula is C15H28N2O4S. The molecule has 1 amide bonds. The number of sulfonamides is 1. The van der Waals surface area contributed by atoms with E-state index in [4.69, 9.17) is 0 Å². The highest BCUT2D eigenvalue weighted by atomic mass is 32.2. The molecule has 2 saturated heterocycles. The number of nitrogens with zero attached hydrogens (tertiary/aromatic N) is 2. The Labute approximate surface area is 133 Å². The van der Waals surface area contributed by atoms with Gasteiger partial charge >= 0.3 is 0 Å². The molecule has 128 valence electrons. The van der Waals surface area contributed by atoms with Crippen molar-refractivity contribution in [3.05, 3.63) is 0 Å². The first-order valence-electron chi connectivity index (χ1n) is 7.98. The van der Waals surface area contributed by atoms with Gasteiger partial charge in [-0.05, 0) is 45.4 Å². The molecule has 2 heterocycles. The summed E-state index contributed by atoms with van der Waals surface area (Å²) in [6, 6.07) is 0. The molecule has 0 saturated carbocycles. The first-order valence-corrected chi connectivity index (χ1v) is 9.59. The molecule has 2 fully saturated rings.